The molecular formula is C29H31N3O3. The number of piperidine rings is 1. The molecule has 3 aromatic rings. The predicted molar refractivity (Wildman–Crippen MR) is 135 cm³/mol. The molecule has 2 heterocycles. The van der Waals surface area contributed by atoms with Crippen LogP contribution in [0.2, 0.25) is 0 Å². The second-order valence-electron chi connectivity index (χ2n) is 11.2. The number of aromatic nitrogens is 1. The van der Waals surface area contributed by atoms with E-state index in [1.807, 2.05) is 32.9 Å². The number of fused-ring (bicyclic) bond motifs is 4. The normalized spacial score (nSPS) is 17.6. The standard InChI is InChI=1S/C29H31N3O3/c1-28(2,3)35-27(34)32-12-10-18(11-13-32)19-7-9-22-21(15-19)25(33)24-20-8-6-17(16-30)14-23(20)31-26(24)29(22,4)5/h6-9,14-15,18,31H,10-13H2,1-5H3. The van der Waals surface area contributed by atoms with E-state index in [0.29, 0.717) is 24.2 Å². The van der Waals surface area contributed by atoms with Gasteiger partial charge in [-0.2, -0.15) is 5.26 Å². The molecule has 0 unspecified atom stereocenters. The molecule has 1 amide bonds. The Balaban J connectivity index is 1.44. The Bertz CT molecular complexity index is 1390. The van der Waals surface area contributed by atoms with Crippen LogP contribution in [0.25, 0.3) is 10.9 Å². The number of ketones is 1. The van der Waals surface area contributed by atoms with Gasteiger partial charge in [0.05, 0.1) is 17.2 Å². The first kappa shape index (κ1) is 23.2. The number of carbonyl (C=O) groups is 2. The van der Waals surface area contributed by atoms with E-state index in [9.17, 15) is 14.9 Å². The highest BCUT2D eigenvalue weighted by Crippen LogP contribution is 2.44. The number of amides is 1. The van der Waals surface area contributed by atoms with Crippen molar-refractivity contribution in [2.24, 2.45) is 0 Å². The van der Waals surface area contributed by atoms with Gasteiger partial charge < -0.3 is 14.6 Å². The Kier molecular flexibility index (Phi) is 5.28. The van der Waals surface area contributed by atoms with E-state index in [2.05, 4.69) is 43.1 Å². The largest absolute Gasteiger partial charge is 0.444 e. The van der Waals surface area contributed by atoms with Gasteiger partial charge in [-0.05, 0) is 68.9 Å². The van der Waals surface area contributed by atoms with Gasteiger partial charge >= 0.3 is 6.09 Å². The summed E-state index contributed by atoms with van der Waals surface area (Å²) >= 11 is 0. The molecule has 1 aliphatic carbocycles. The van der Waals surface area contributed by atoms with Crippen LogP contribution in [0.1, 0.15) is 91.7 Å². The Labute approximate surface area is 205 Å². The first-order chi connectivity index (χ1) is 16.5. The maximum absolute atomic E-state index is 13.8. The molecule has 0 saturated carbocycles. The maximum Gasteiger partial charge on any atom is 0.410 e. The zero-order valence-corrected chi connectivity index (χ0v) is 21.0. The fourth-order valence-corrected chi connectivity index (χ4v) is 5.51. The maximum atomic E-state index is 13.8. The quantitative estimate of drug-likeness (QED) is 0.472. The number of nitrogens with zero attached hydrogens (tertiary/aromatic N) is 2. The minimum absolute atomic E-state index is 0.0262. The minimum atomic E-state index is -0.503. The minimum Gasteiger partial charge on any atom is -0.444 e. The van der Waals surface area contributed by atoms with Crippen molar-refractivity contribution in [2.45, 2.75) is 64.4 Å². The van der Waals surface area contributed by atoms with Crippen molar-refractivity contribution in [2.75, 3.05) is 13.1 Å². The monoisotopic (exact) mass is 469 g/mol. The van der Waals surface area contributed by atoms with Gasteiger partial charge in [-0.25, -0.2) is 4.79 Å². The molecule has 0 radical (unpaired) electrons. The van der Waals surface area contributed by atoms with E-state index >= 15 is 0 Å². The molecule has 180 valence electrons. The molecule has 1 aliphatic heterocycles. The Morgan fingerprint density at radius 1 is 1.14 bits per heavy atom. The topological polar surface area (TPSA) is 86.2 Å². The van der Waals surface area contributed by atoms with Crippen LogP contribution >= 0.6 is 0 Å². The van der Waals surface area contributed by atoms with E-state index in [-0.39, 0.29) is 23.2 Å². The lowest BCUT2D eigenvalue weighted by molar-refractivity contribution is 0.0205. The van der Waals surface area contributed by atoms with E-state index in [0.717, 1.165) is 46.1 Å². The molecule has 2 aliphatic rings. The Hall–Kier alpha value is -3.59. The highest BCUT2D eigenvalue weighted by molar-refractivity contribution is 6.20. The number of benzene rings is 2. The zero-order valence-electron chi connectivity index (χ0n) is 21.0. The lowest BCUT2D eigenvalue weighted by atomic mass is 9.70. The summed E-state index contributed by atoms with van der Waals surface area (Å²) in [4.78, 5) is 31.4. The number of nitrogens with one attached hydrogen (secondary N) is 1. The van der Waals surface area contributed by atoms with Crippen LogP contribution in [0.3, 0.4) is 0 Å². The Morgan fingerprint density at radius 3 is 2.51 bits per heavy atom. The second kappa shape index (κ2) is 7.98. The van der Waals surface area contributed by atoms with Crippen molar-refractivity contribution in [1.29, 1.82) is 5.26 Å². The fraction of sp³-hybridized carbons (Fsp3) is 0.414. The highest BCUT2D eigenvalue weighted by atomic mass is 16.6. The SMILES string of the molecule is CC(C)(C)OC(=O)N1CCC(c2ccc3c(c2)C(=O)c2c([nH]c4cc(C#N)ccc24)C3(C)C)CC1. The van der Waals surface area contributed by atoms with Gasteiger partial charge in [-0.3, -0.25) is 4.79 Å². The Morgan fingerprint density at radius 2 is 1.86 bits per heavy atom. The second-order valence-corrected chi connectivity index (χ2v) is 11.2. The molecule has 0 bridgehead atoms. The number of rotatable bonds is 1. The smallest absolute Gasteiger partial charge is 0.410 e. The number of hydrogen-bond donors (Lipinski definition) is 1. The van der Waals surface area contributed by atoms with Gasteiger partial charge in [0.25, 0.3) is 0 Å². The van der Waals surface area contributed by atoms with Crippen molar-refractivity contribution in [3.8, 4) is 6.07 Å². The fourth-order valence-electron chi connectivity index (χ4n) is 5.51. The number of hydrogen-bond acceptors (Lipinski definition) is 4. The third-order valence-electron chi connectivity index (χ3n) is 7.36. The molecule has 6 nitrogen and oxygen atoms in total. The summed E-state index contributed by atoms with van der Waals surface area (Å²) in [6, 6.07) is 13.9. The van der Waals surface area contributed by atoms with Gasteiger partial charge in [0.1, 0.15) is 5.60 Å². The molecule has 1 fully saturated rings. The number of aromatic amines is 1. The van der Waals surface area contributed by atoms with Crippen molar-refractivity contribution < 1.29 is 14.3 Å². The van der Waals surface area contributed by atoms with E-state index in [1.165, 1.54) is 0 Å². The number of likely N-dealkylation sites (tertiary alicyclic amines) is 1. The molecule has 5 rings (SSSR count). The van der Waals surface area contributed by atoms with Crippen LogP contribution < -0.4 is 0 Å². The summed E-state index contributed by atoms with van der Waals surface area (Å²) in [6.45, 7) is 11.2. The third-order valence-corrected chi connectivity index (χ3v) is 7.36. The lowest BCUT2D eigenvalue weighted by Crippen LogP contribution is -2.41. The first-order valence-corrected chi connectivity index (χ1v) is 12.2. The van der Waals surface area contributed by atoms with E-state index in [4.69, 9.17) is 4.74 Å². The summed E-state index contributed by atoms with van der Waals surface area (Å²) in [7, 11) is 0. The lowest BCUT2D eigenvalue weighted by Gasteiger charge is -2.35. The molecule has 0 spiro atoms. The van der Waals surface area contributed by atoms with Crippen molar-refractivity contribution in [1.82, 2.24) is 9.88 Å². The average molecular weight is 470 g/mol. The summed E-state index contributed by atoms with van der Waals surface area (Å²) in [6.07, 6.45) is 1.42. The molecule has 1 saturated heterocycles. The van der Waals surface area contributed by atoms with Gasteiger partial charge in [-0.1, -0.05) is 32.0 Å². The predicted octanol–water partition coefficient (Wildman–Crippen LogP) is 6.02. The summed E-state index contributed by atoms with van der Waals surface area (Å²) in [5, 5.41) is 10.1. The molecule has 6 heteroatoms. The van der Waals surface area contributed by atoms with Crippen LogP contribution in [0.4, 0.5) is 4.79 Å². The van der Waals surface area contributed by atoms with Crippen molar-refractivity contribution >= 4 is 22.8 Å². The van der Waals surface area contributed by atoms with Crippen LogP contribution in [0.5, 0.6) is 0 Å². The zero-order chi connectivity index (χ0) is 25.1. The molecule has 1 aromatic heterocycles. The van der Waals surface area contributed by atoms with Crippen LogP contribution in [0.15, 0.2) is 36.4 Å². The van der Waals surface area contributed by atoms with Gasteiger partial charge in [-0.15, -0.1) is 0 Å². The summed E-state index contributed by atoms with van der Waals surface area (Å²) in [5.74, 6) is 0.316. The van der Waals surface area contributed by atoms with Crippen molar-refractivity contribution in [3.63, 3.8) is 0 Å². The highest BCUT2D eigenvalue weighted by Gasteiger charge is 2.40. The number of carbonyl (C=O) groups excluding carboxylic acids is 2. The molecular weight excluding hydrogens is 438 g/mol. The van der Waals surface area contributed by atoms with Gasteiger partial charge in [0.2, 0.25) is 0 Å². The molecule has 0 atom stereocenters. The van der Waals surface area contributed by atoms with E-state index < -0.39 is 5.60 Å². The molecule has 2 aromatic carbocycles. The summed E-state index contributed by atoms with van der Waals surface area (Å²) < 4.78 is 5.53. The number of H-pyrrole nitrogens is 1. The molecule has 35 heavy (non-hydrogen) atoms. The van der Waals surface area contributed by atoms with Crippen LogP contribution in [0, 0.1) is 11.3 Å². The number of ether oxygens (including phenoxy) is 1. The number of nitriles is 1. The average Bonchev–Trinajstić information content (AvgIpc) is 3.21. The van der Waals surface area contributed by atoms with Crippen molar-refractivity contribution in [3.05, 3.63) is 69.9 Å². The van der Waals surface area contributed by atoms with E-state index in [1.54, 1.807) is 11.0 Å². The first-order valence-electron chi connectivity index (χ1n) is 12.2. The summed E-state index contributed by atoms with van der Waals surface area (Å²) in [5.41, 5.74) is 5.03. The van der Waals surface area contributed by atoms with Gasteiger partial charge in [0, 0.05) is 40.7 Å². The van der Waals surface area contributed by atoms with Gasteiger partial charge in [0.15, 0.2) is 5.78 Å². The molecule has 1 N–H and O–H groups in total. The van der Waals surface area contributed by atoms with Crippen LogP contribution in [-0.4, -0.2) is 40.5 Å². The third kappa shape index (κ3) is 3.89. The van der Waals surface area contributed by atoms with Crippen LogP contribution in [-0.2, 0) is 10.2 Å².